The molecule has 0 unspecified atom stereocenters. The Morgan fingerprint density at radius 3 is 2.30 bits per heavy atom. The zero-order valence-electron chi connectivity index (χ0n) is 6.51. The fourth-order valence-electron chi connectivity index (χ4n) is 0.390. The van der Waals surface area contributed by atoms with Crippen molar-refractivity contribution < 1.29 is 0 Å². The van der Waals surface area contributed by atoms with Gasteiger partial charge in [0, 0.05) is 0 Å². The highest BCUT2D eigenvalue weighted by Crippen LogP contribution is 2.12. The van der Waals surface area contributed by atoms with Crippen LogP contribution < -0.4 is 0 Å². The fourth-order valence-corrected chi connectivity index (χ4v) is 0.670. The summed E-state index contributed by atoms with van der Waals surface area (Å²) in [7, 11) is 0. The molecule has 1 nitrogen and oxygen atoms in total. The van der Waals surface area contributed by atoms with E-state index in [0.29, 0.717) is 0 Å². The predicted octanol–water partition coefficient (Wildman–Crippen LogP) is 3.07. The highest BCUT2D eigenvalue weighted by Gasteiger charge is 1.83. The lowest BCUT2D eigenvalue weighted by atomic mass is 10.3. The zero-order chi connectivity index (χ0) is 7.98. The summed E-state index contributed by atoms with van der Waals surface area (Å²) >= 11 is 1.20. The summed E-state index contributed by atoms with van der Waals surface area (Å²) in [6.45, 7) is 5.98. The first-order chi connectivity index (χ1) is 4.66. The molecule has 0 aromatic carbocycles. The van der Waals surface area contributed by atoms with Crippen LogP contribution in [0.5, 0.6) is 0 Å². The number of hydrogen-bond donors (Lipinski definition) is 0. The maximum absolute atomic E-state index is 8.25. The Balaban J connectivity index is 3.95. The van der Waals surface area contributed by atoms with Gasteiger partial charge in [0.2, 0.25) is 0 Å². The Kier molecular flexibility index (Phi) is 4.78. The Hall–Kier alpha value is -0.680. The van der Waals surface area contributed by atoms with Crippen LogP contribution in [0.2, 0.25) is 0 Å². The topological polar surface area (TPSA) is 23.8 Å². The third-order valence-electron chi connectivity index (χ3n) is 0.858. The van der Waals surface area contributed by atoms with Crippen molar-refractivity contribution in [2.45, 2.75) is 20.8 Å². The van der Waals surface area contributed by atoms with E-state index >= 15 is 0 Å². The molecular weight excluding hydrogens is 142 g/mol. The first kappa shape index (κ1) is 9.32. The smallest absolute Gasteiger partial charge is 0.138 e. The van der Waals surface area contributed by atoms with Gasteiger partial charge in [-0.3, -0.25) is 0 Å². The van der Waals surface area contributed by atoms with Crippen LogP contribution in [0.4, 0.5) is 0 Å². The van der Waals surface area contributed by atoms with E-state index in [9.17, 15) is 0 Å². The SMILES string of the molecule is CC(C)=C/C=C(\C)SC#N. The molecule has 0 saturated heterocycles. The molecular formula is C8H11NS. The van der Waals surface area contributed by atoms with Gasteiger partial charge in [0.05, 0.1) is 0 Å². The van der Waals surface area contributed by atoms with Crippen LogP contribution >= 0.6 is 11.8 Å². The number of nitrogens with zero attached hydrogens (tertiary/aromatic N) is 1. The quantitative estimate of drug-likeness (QED) is 0.449. The van der Waals surface area contributed by atoms with Gasteiger partial charge in [-0.1, -0.05) is 17.7 Å². The maximum atomic E-state index is 8.25. The van der Waals surface area contributed by atoms with E-state index < -0.39 is 0 Å². The predicted molar refractivity (Wildman–Crippen MR) is 46.4 cm³/mol. The van der Waals surface area contributed by atoms with E-state index in [0.717, 1.165) is 4.91 Å². The minimum Gasteiger partial charge on any atom is -0.185 e. The first-order valence-corrected chi connectivity index (χ1v) is 3.86. The van der Waals surface area contributed by atoms with Crippen LogP contribution in [0.3, 0.4) is 0 Å². The van der Waals surface area contributed by atoms with Crippen LogP contribution in [0.1, 0.15) is 20.8 Å². The van der Waals surface area contributed by atoms with E-state index in [-0.39, 0.29) is 0 Å². The zero-order valence-corrected chi connectivity index (χ0v) is 7.33. The van der Waals surface area contributed by atoms with Gasteiger partial charge >= 0.3 is 0 Å². The van der Waals surface area contributed by atoms with Crippen molar-refractivity contribution in [3.63, 3.8) is 0 Å². The fraction of sp³-hybridized carbons (Fsp3) is 0.375. The summed E-state index contributed by atoms with van der Waals surface area (Å²) in [5, 5.41) is 10.3. The van der Waals surface area contributed by atoms with Gasteiger partial charge in [0.25, 0.3) is 0 Å². The van der Waals surface area contributed by atoms with E-state index in [2.05, 4.69) is 0 Å². The Morgan fingerprint density at radius 2 is 1.90 bits per heavy atom. The molecule has 54 valence electrons. The van der Waals surface area contributed by atoms with Crippen LogP contribution in [0, 0.1) is 10.7 Å². The Bertz CT molecular complexity index is 192. The maximum Gasteiger partial charge on any atom is 0.138 e. The number of hydrogen-bond acceptors (Lipinski definition) is 2. The monoisotopic (exact) mass is 153 g/mol. The summed E-state index contributed by atoms with van der Waals surface area (Å²) in [4.78, 5) is 1.03. The third-order valence-corrected chi connectivity index (χ3v) is 1.41. The molecule has 0 aliphatic carbocycles. The first-order valence-electron chi connectivity index (χ1n) is 3.04. The molecule has 0 saturated carbocycles. The minimum atomic E-state index is 1.03. The van der Waals surface area contributed by atoms with Crippen molar-refractivity contribution in [2.24, 2.45) is 0 Å². The summed E-state index contributed by atoms with van der Waals surface area (Å²) in [6, 6.07) is 0. The lowest BCUT2D eigenvalue weighted by molar-refractivity contribution is 1.39. The van der Waals surface area contributed by atoms with Crippen molar-refractivity contribution in [3.8, 4) is 5.40 Å². The number of thioether (sulfide) groups is 1. The molecule has 0 fully saturated rings. The lowest BCUT2D eigenvalue weighted by Gasteiger charge is -1.87. The normalized spacial score (nSPS) is 10.4. The van der Waals surface area contributed by atoms with Crippen LogP contribution in [0.25, 0.3) is 0 Å². The van der Waals surface area contributed by atoms with Gasteiger partial charge in [-0.2, -0.15) is 5.26 Å². The minimum absolute atomic E-state index is 1.03. The second-order valence-corrected chi connectivity index (χ2v) is 3.25. The van der Waals surface area contributed by atoms with Crippen LogP contribution in [0.15, 0.2) is 22.6 Å². The molecule has 0 atom stereocenters. The van der Waals surface area contributed by atoms with Crippen molar-refractivity contribution >= 4 is 11.8 Å². The number of rotatable bonds is 2. The van der Waals surface area contributed by atoms with Gasteiger partial charge in [0.15, 0.2) is 0 Å². The van der Waals surface area contributed by atoms with Gasteiger partial charge in [-0.25, -0.2) is 0 Å². The molecule has 0 heterocycles. The summed E-state index contributed by atoms with van der Waals surface area (Å²) in [6.07, 6.45) is 3.95. The van der Waals surface area contributed by atoms with Crippen molar-refractivity contribution in [1.29, 1.82) is 5.26 Å². The lowest BCUT2D eigenvalue weighted by Crippen LogP contribution is -1.64. The van der Waals surface area contributed by atoms with Crippen LogP contribution in [-0.4, -0.2) is 0 Å². The molecule has 0 spiro atoms. The average molecular weight is 153 g/mol. The average Bonchev–Trinajstić information content (AvgIpc) is 1.85. The molecule has 10 heavy (non-hydrogen) atoms. The Morgan fingerprint density at radius 1 is 1.30 bits per heavy atom. The molecule has 0 aromatic heterocycles. The summed E-state index contributed by atoms with van der Waals surface area (Å²) in [5.74, 6) is 0. The van der Waals surface area contributed by atoms with Crippen molar-refractivity contribution in [1.82, 2.24) is 0 Å². The molecule has 0 aliphatic rings. The van der Waals surface area contributed by atoms with E-state index in [4.69, 9.17) is 5.26 Å². The third kappa shape index (κ3) is 5.46. The van der Waals surface area contributed by atoms with Crippen molar-refractivity contribution in [3.05, 3.63) is 22.6 Å². The van der Waals surface area contributed by atoms with Gasteiger partial charge in [-0.15, -0.1) is 0 Å². The van der Waals surface area contributed by atoms with E-state index in [1.165, 1.54) is 17.3 Å². The standard InChI is InChI=1S/C8H11NS/c1-7(2)4-5-8(3)10-6-9/h4-5H,1-3H3/b8-5+. The second-order valence-electron chi connectivity index (χ2n) is 2.21. The van der Waals surface area contributed by atoms with E-state index in [1.54, 1.807) is 0 Å². The highest BCUT2D eigenvalue weighted by atomic mass is 32.2. The molecule has 0 aromatic rings. The number of thiocyanates is 1. The molecule has 2 heteroatoms. The van der Waals surface area contributed by atoms with E-state index in [1.807, 2.05) is 38.3 Å². The number of nitriles is 1. The molecule has 0 radical (unpaired) electrons. The van der Waals surface area contributed by atoms with Crippen LogP contribution in [-0.2, 0) is 0 Å². The molecule has 0 N–H and O–H groups in total. The highest BCUT2D eigenvalue weighted by molar-refractivity contribution is 8.07. The second kappa shape index (κ2) is 5.13. The molecule has 0 bridgehead atoms. The van der Waals surface area contributed by atoms with Crippen molar-refractivity contribution in [2.75, 3.05) is 0 Å². The summed E-state index contributed by atoms with van der Waals surface area (Å²) in [5.41, 5.74) is 1.25. The Labute approximate surface area is 66.4 Å². The molecule has 0 rings (SSSR count). The molecule has 0 amide bonds. The van der Waals surface area contributed by atoms with Gasteiger partial charge in [0.1, 0.15) is 5.40 Å². The summed E-state index contributed by atoms with van der Waals surface area (Å²) < 4.78 is 0. The van der Waals surface area contributed by atoms with Gasteiger partial charge in [-0.05, 0) is 37.4 Å². The molecule has 0 aliphatic heterocycles. The van der Waals surface area contributed by atoms with Gasteiger partial charge < -0.3 is 0 Å². The number of allylic oxidation sites excluding steroid dienone is 4. The largest absolute Gasteiger partial charge is 0.185 e.